The Balaban J connectivity index is 1.67. The van der Waals surface area contributed by atoms with Gasteiger partial charge in [0, 0.05) is 11.8 Å². The average molecular weight is 412 g/mol. The zero-order valence-electron chi connectivity index (χ0n) is 16.6. The Kier molecular flexibility index (Phi) is 6.01. The maximum atomic E-state index is 12.4. The van der Waals surface area contributed by atoms with Gasteiger partial charge in [0.05, 0.1) is 16.6 Å². The Bertz CT molecular complexity index is 1030. The second-order valence-corrected chi connectivity index (χ2v) is 6.69. The van der Waals surface area contributed by atoms with Crippen LogP contribution in [0.5, 0.6) is 11.5 Å². The Hall–Kier alpha value is -3.88. The number of amides is 1. The smallest absolute Gasteiger partial charge is 0.331 e. The number of carbonyl (C=O) groups is 2. The molecule has 2 aromatic rings. The van der Waals surface area contributed by atoms with Crippen molar-refractivity contribution in [1.82, 2.24) is 0 Å². The highest BCUT2D eigenvalue weighted by atomic mass is 16.7. The van der Waals surface area contributed by atoms with E-state index in [1.807, 2.05) is 32.0 Å². The fourth-order valence-corrected chi connectivity index (χ4v) is 2.90. The van der Waals surface area contributed by atoms with Crippen LogP contribution in [0.3, 0.4) is 0 Å². The van der Waals surface area contributed by atoms with E-state index in [0.717, 1.165) is 17.2 Å². The third-order valence-corrected chi connectivity index (χ3v) is 4.51. The van der Waals surface area contributed by atoms with E-state index >= 15 is 0 Å². The lowest BCUT2D eigenvalue weighted by Crippen LogP contribution is -2.30. The lowest BCUT2D eigenvalue weighted by molar-refractivity contribution is -0.385. The third-order valence-electron chi connectivity index (χ3n) is 4.51. The van der Waals surface area contributed by atoms with Crippen molar-refractivity contribution >= 4 is 29.3 Å². The van der Waals surface area contributed by atoms with Gasteiger partial charge in [0.1, 0.15) is 0 Å². The highest BCUT2D eigenvalue weighted by molar-refractivity contribution is 5.97. The van der Waals surface area contributed by atoms with Crippen molar-refractivity contribution in [2.75, 3.05) is 12.1 Å². The fraction of sp³-hybridized carbons (Fsp3) is 0.238. The van der Waals surface area contributed by atoms with Gasteiger partial charge in [-0.25, -0.2) is 4.79 Å². The number of nitro groups is 1. The summed E-state index contributed by atoms with van der Waals surface area (Å²) in [4.78, 5) is 35.2. The second kappa shape index (κ2) is 8.64. The second-order valence-electron chi connectivity index (χ2n) is 6.69. The number of nitrogens with zero attached hydrogens (tertiary/aromatic N) is 1. The Labute approximate surface area is 172 Å². The van der Waals surface area contributed by atoms with Crippen LogP contribution in [0.25, 0.3) is 6.08 Å². The number of esters is 1. The molecular weight excluding hydrogens is 392 g/mol. The molecule has 0 fully saturated rings. The highest BCUT2D eigenvalue weighted by Gasteiger charge is 2.23. The van der Waals surface area contributed by atoms with Gasteiger partial charge >= 0.3 is 5.97 Å². The predicted molar refractivity (Wildman–Crippen MR) is 108 cm³/mol. The van der Waals surface area contributed by atoms with Crippen LogP contribution < -0.4 is 14.8 Å². The minimum atomic E-state index is -1.06. The minimum absolute atomic E-state index is 0.0330. The third kappa shape index (κ3) is 4.57. The number of para-hydroxylation sites is 1. The van der Waals surface area contributed by atoms with Crippen LogP contribution in [-0.2, 0) is 14.3 Å². The molecular formula is C21H20N2O7. The van der Waals surface area contributed by atoms with Gasteiger partial charge < -0.3 is 19.5 Å². The van der Waals surface area contributed by atoms with Gasteiger partial charge in [-0.15, -0.1) is 0 Å². The van der Waals surface area contributed by atoms with E-state index in [1.165, 1.54) is 25.1 Å². The van der Waals surface area contributed by atoms with E-state index in [2.05, 4.69) is 5.32 Å². The summed E-state index contributed by atoms with van der Waals surface area (Å²) >= 11 is 0. The molecule has 0 bridgehead atoms. The van der Waals surface area contributed by atoms with Crippen LogP contribution in [0.2, 0.25) is 0 Å². The maximum absolute atomic E-state index is 12.4. The van der Waals surface area contributed by atoms with Gasteiger partial charge in [0.25, 0.3) is 11.6 Å². The van der Waals surface area contributed by atoms with E-state index < -0.39 is 22.9 Å². The number of ether oxygens (including phenoxy) is 3. The highest BCUT2D eigenvalue weighted by Crippen LogP contribution is 2.38. The summed E-state index contributed by atoms with van der Waals surface area (Å²) in [5.74, 6) is -0.692. The summed E-state index contributed by atoms with van der Waals surface area (Å²) in [5, 5.41) is 14.0. The monoisotopic (exact) mass is 412 g/mol. The van der Waals surface area contributed by atoms with Crippen LogP contribution in [0.1, 0.15) is 23.6 Å². The molecule has 156 valence electrons. The molecule has 1 aliphatic heterocycles. The molecule has 0 saturated carbocycles. The van der Waals surface area contributed by atoms with E-state index in [-0.39, 0.29) is 23.8 Å². The summed E-state index contributed by atoms with van der Waals surface area (Å²) < 4.78 is 15.4. The number of aryl methyl sites for hydroxylation is 2. The minimum Gasteiger partial charge on any atom is -0.454 e. The first-order valence-electron chi connectivity index (χ1n) is 9.10. The van der Waals surface area contributed by atoms with E-state index in [9.17, 15) is 19.7 Å². The lowest BCUT2D eigenvalue weighted by Gasteiger charge is -2.15. The van der Waals surface area contributed by atoms with E-state index in [1.54, 1.807) is 0 Å². The van der Waals surface area contributed by atoms with Gasteiger partial charge in [0.2, 0.25) is 6.79 Å². The zero-order valence-corrected chi connectivity index (χ0v) is 16.6. The number of anilines is 1. The molecule has 0 aliphatic carbocycles. The normalized spacial score (nSPS) is 13.2. The summed E-state index contributed by atoms with van der Waals surface area (Å²) in [6.45, 7) is 5.13. The molecule has 0 radical (unpaired) electrons. The number of rotatable bonds is 6. The number of hydrogen-bond donors (Lipinski definition) is 1. The summed E-state index contributed by atoms with van der Waals surface area (Å²) in [7, 11) is 0. The van der Waals surface area contributed by atoms with E-state index in [0.29, 0.717) is 11.4 Å². The molecule has 1 atom stereocenters. The summed E-state index contributed by atoms with van der Waals surface area (Å²) in [6, 6.07) is 8.24. The Morgan fingerprint density at radius 1 is 1.20 bits per heavy atom. The van der Waals surface area contributed by atoms with Gasteiger partial charge in [-0.2, -0.15) is 0 Å². The standard InChI is InChI=1S/C21H20N2O7/c1-12-5-4-6-13(2)20(12)22-21(25)14(3)30-19(24)8-7-15-9-17-18(29-11-28-17)10-16(15)23(26)27/h4-10,14H,11H2,1-3H3,(H,22,25)/b8-7+/t14-/m1/s1. The molecule has 9 heteroatoms. The molecule has 1 aliphatic rings. The van der Waals surface area contributed by atoms with Crippen LogP contribution in [0, 0.1) is 24.0 Å². The summed E-state index contributed by atoms with van der Waals surface area (Å²) in [6.07, 6.45) is 1.19. The Morgan fingerprint density at radius 3 is 2.47 bits per heavy atom. The quantitative estimate of drug-likeness (QED) is 0.334. The summed E-state index contributed by atoms with van der Waals surface area (Å²) in [5.41, 5.74) is 2.34. The molecule has 1 N–H and O–H groups in total. The number of nitrogens with one attached hydrogen (secondary N) is 1. The van der Waals surface area contributed by atoms with Crippen LogP contribution in [0.4, 0.5) is 11.4 Å². The van der Waals surface area contributed by atoms with Gasteiger partial charge in [-0.3, -0.25) is 14.9 Å². The molecule has 9 nitrogen and oxygen atoms in total. The fourth-order valence-electron chi connectivity index (χ4n) is 2.90. The molecule has 30 heavy (non-hydrogen) atoms. The first-order valence-corrected chi connectivity index (χ1v) is 9.10. The van der Waals surface area contributed by atoms with Crippen molar-refractivity contribution in [3.63, 3.8) is 0 Å². The lowest BCUT2D eigenvalue weighted by atomic mass is 10.1. The number of nitro benzene ring substituents is 1. The average Bonchev–Trinajstić information content (AvgIpc) is 3.15. The Morgan fingerprint density at radius 2 is 1.83 bits per heavy atom. The van der Waals surface area contributed by atoms with Crippen molar-refractivity contribution in [3.8, 4) is 11.5 Å². The van der Waals surface area contributed by atoms with Gasteiger partial charge in [-0.05, 0) is 44.0 Å². The van der Waals surface area contributed by atoms with Crippen molar-refractivity contribution in [3.05, 3.63) is 63.2 Å². The number of hydrogen-bond acceptors (Lipinski definition) is 7. The first kappa shape index (κ1) is 20.8. The molecule has 3 rings (SSSR count). The molecule has 0 unspecified atom stereocenters. The number of carbonyl (C=O) groups excluding carboxylic acids is 2. The molecule has 0 saturated heterocycles. The van der Waals surface area contributed by atoms with Crippen LogP contribution in [0.15, 0.2) is 36.4 Å². The topological polar surface area (TPSA) is 117 Å². The molecule has 2 aromatic carbocycles. The van der Waals surface area contributed by atoms with E-state index in [4.69, 9.17) is 14.2 Å². The molecule has 1 heterocycles. The van der Waals surface area contributed by atoms with Crippen LogP contribution in [-0.4, -0.2) is 29.7 Å². The molecule has 0 aromatic heterocycles. The van der Waals surface area contributed by atoms with Crippen LogP contribution >= 0.6 is 0 Å². The van der Waals surface area contributed by atoms with Gasteiger partial charge in [0.15, 0.2) is 17.6 Å². The predicted octanol–water partition coefficient (Wildman–Crippen LogP) is 3.52. The number of benzene rings is 2. The maximum Gasteiger partial charge on any atom is 0.331 e. The molecule has 0 spiro atoms. The van der Waals surface area contributed by atoms with Crippen molar-refractivity contribution in [2.24, 2.45) is 0 Å². The SMILES string of the molecule is Cc1cccc(C)c1NC(=O)[C@@H](C)OC(=O)/C=C/c1cc2c(cc1[N+](=O)[O-])OCO2. The number of fused-ring (bicyclic) bond motifs is 1. The first-order chi connectivity index (χ1) is 14.3. The van der Waals surface area contributed by atoms with Crippen molar-refractivity contribution < 1.29 is 28.7 Å². The van der Waals surface area contributed by atoms with Gasteiger partial charge in [-0.1, -0.05) is 18.2 Å². The van der Waals surface area contributed by atoms with Crippen molar-refractivity contribution in [1.29, 1.82) is 0 Å². The van der Waals surface area contributed by atoms with Crippen molar-refractivity contribution in [2.45, 2.75) is 26.9 Å². The zero-order chi connectivity index (χ0) is 21.8. The largest absolute Gasteiger partial charge is 0.454 e. The molecule has 1 amide bonds.